The zero-order valence-electron chi connectivity index (χ0n) is 12.2. The van der Waals surface area contributed by atoms with E-state index in [1.54, 1.807) is 43.8 Å². The number of hydrogen-bond acceptors (Lipinski definition) is 4. The van der Waals surface area contributed by atoms with Crippen molar-refractivity contribution in [3.05, 3.63) is 41.0 Å². The Morgan fingerprint density at radius 1 is 1.38 bits per heavy atom. The van der Waals surface area contributed by atoms with E-state index in [0.717, 1.165) is 5.69 Å². The summed E-state index contributed by atoms with van der Waals surface area (Å²) in [6.45, 7) is 3.89. The van der Waals surface area contributed by atoms with Gasteiger partial charge in [0.1, 0.15) is 0 Å². The molecule has 1 aromatic carbocycles. The SMILES string of the molecule is COCc1cc(OC(=O)C(C)C)n(-c2cccc(Cl)c2)n1. The predicted octanol–water partition coefficient (Wildman–Crippen LogP) is 3.23. The van der Waals surface area contributed by atoms with E-state index in [2.05, 4.69) is 5.10 Å². The van der Waals surface area contributed by atoms with Crippen LogP contribution < -0.4 is 4.74 Å². The van der Waals surface area contributed by atoms with Gasteiger partial charge in [-0.3, -0.25) is 4.79 Å². The first-order valence-corrected chi connectivity index (χ1v) is 6.94. The van der Waals surface area contributed by atoms with Gasteiger partial charge in [0.05, 0.1) is 23.9 Å². The number of aromatic nitrogens is 2. The quantitative estimate of drug-likeness (QED) is 0.796. The molecule has 1 aromatic heterocycles. The Balaban J connectivity index is 2.40. The summed E-state index contributed by atoms with van der Waals surface area (Å²) in [6.07, 6.45) is 0. The number of methoxy groups -OCH3 is 1. The van der Waals surface area contributed by atoms with Crippen LogP contribution in [0, 0.1) is 5.92 Å². The molecule has 0 aliphatic heterocycles. The van der Waals surface area contributed by atoms with Gasteiger partial charge in [-0.1, -0.05) is 31.5 Å². The van der Waals surface area contributed by atoms with Gasteiger partial charge in [-0.05, 0) is 18.2 Å². The molecule has 0 amide bonds. The summed E-state index contributed by atoms with van der Waals surface area (Å²) in [7, 11) is 1.58. The Labute approximate surface area is 128 Å². The predicted molar refractivity (Wildman–Crippen MR) is 79.8 cm³/mol. The second kappa shape index (κ2) is 6.74. The molecule has 0 fully saturated rings. The number of carbonyl (C=O) groups is 1. The van der Waals surface area contributed by atoms with Crippen LogP contribution in [0.2, 0.25) is 5.02 Å². The molecule has 0 saturated heterocycles. The van der Waals surface area contributed by atoms with E-state index in [1.807, 2.05) is 12.1 Å². The molecule has 0 aliphatic rings. The normalized spacial score (nSPS) is 10.9. The molecule has 2 aromatic rings. The lowest BCUT2D eigenvalue weighted by atomic mass is 10.2. The Morgan fingerprint density at radius 2 is 2.14 bits per heavy atom. The van der Waals surface area contributed by atoms with Crippen molar-refractivity contribution >= 4 is 17.6 Å². The highest BCUT2D eigenvalue weighted by Gasteiger charge is 2.16. The summed E-state index contributed by atoms with van der Waals surface area (Å²) >= 11 is 6.00. The molecule has 112 valence electrons. The van der Waals surface area contributed by atoms with Gasteiger partial charge in [0.25, 0.3) is 0 Å². The topological polar surface area (TPSA) is 53.4 Å². The largest absolute Gasteiger partial charge is 0.407 e. The number of rotatable bonds is 5. The van der Waals surface area contributed by atoms with Crippen molar-refractivity contribution in [2.45, 2.75) is 20.5 Å². The van der Waals surface area contributed by atoms with Crippen LogP contribution in [-0.2, 0) is 16.1 Å². The summed E-state index contributed by atoms with van der Waals surface area (Å²) in [5.74, 6) is -0.191. The molecule has 0 aliphatic carbocycles. The number of hydrogen-bond donors (Lipinski definition) is 0. The number of benzene rings is 1. The van der Waals surface area contributed by atoms with Gasteiger partial charge in [-0.15, -0.1) is 0 Å². The van der Waals surface area contributed by atoms with Crippen molar-refractivity contribution in [3.63, 3.8) is 0 Å². The summed E-state index contributed by atoms with van der Waals surface area (Å²) in [5.41, 5.74) is 1.39. The zero-order chi connectivity index (χ0) is 15.4. The fourth-order valence-electron chi connectivity index (χ4n) is 1.72. The molecule has 0 spiro atoms. The van der Waals surface area contributed by atoms with Crippen LogP contribution in [0.4, 0.5) is 0 Å². The molecule has 0 saturated carbocycles. The molecule has 0 unspecified atom stereocenters. The lowest BCUT2D eigenvalue weighted by molar-refractivity contribution is -0.138. The Kier molecular flexibility index (Phi) is 4.98. The number of halogens is 1. The zero-order valence-corrected chi connectivity index (χ0v) is 12.9. The van der Waals surface area contributed by atoms with E-state index < -0.39 is 0 Å². The van der Waals surface area contributed by atoms with E-state index in [4.69, 9.17) is 21.1 Å². The molecular weight excluding hydrogens is 292 g/mol. The molecule has 21 heavy (non-hydrogen) atoms. The third-order valence-corrected chi connectivity index (χ3v) is 2.98. The molecule has 0 radical (unpaired) electrons. The van der Waals surface area contributed by atoms with Crippen LogP contribution in [0.1, 0.15) is 19.5 Å². The molecule has 6 heteroatoms. The van der Waals surface area contributed by atoms with Crippen LogP contribution in [-0.4, -0.2) is 22.9 Å². The highest BCUT2D eigenvalue weighted by Crippen LogP contribution is 2.23. The smallest absolute Gasteiger partial charge is 0.315 e. The van der Waals surface area contributed by atoms with Gasteiger partial charge in [-0.25, -0.2) is 4.68 Å². The van der Waals surface area contributed by atoms with Gasteiger partial charge in [0.15, 0.2) is 0 Å². The Morgan fingerprint density at radius 3 is 2.76 bits per heavy atom. The summed E-state index contributed by atoms with van der Waals surface area (Å²) in [5, 5.41) is 4.96. The Bertz CT molecular complexity index is 638. The first-order valence-electron chi connectivity index (χ1n) is 6.56. The van der Waals surface area contributed by atoms with Crippen molar-refractivity contribution in [3.8, 4) is 11.6 Å². The maximum atomic E-state index is 11.8. The van der Waals surface area contributed by atoms with Crippen molar-refractivity contribution in [2.24, 2.45) is 5.92 Å². The van der Waals surface area contributed by atoms with Gasteiger partial charge in [0, 0.05) is 18.2 Å². The van der Waals surface area contributed by atoms with Crippen molar-refractivity contribution in [1.29, 1.82) is 0 Å². The van der Waals surface area contributed by atoms with E-state index in [0.29, 0.717) is 23.2 Å². The molecular formula is C15H17ClN2O3. The lowest BCUT2D eigenvalue weighted by Crippen LogP contribution is -2.16. The fourth-order valence-corrected chi connectivity index (χ4v) is 1.90. The molecule has 0 atom stereocenters. The third-order valence-electron chi connectivity index (χ3n) is 2.75. The second-order valence-electron chi connectivity index (χ2n) is 4.87. The van der Waals surface area contributed by atoms with Gasteiger partial charge < -0.3 is 9.47 Å². The van der Waals surface area contributed by atoms with Crippen LogP contribution in [0.3, 0.4) is 0 Å². The Hall–Kier alpha value is -1.85. The van der Waals surface area contributed by atoms with Crippen LogP contribution in [0.5, 0.6) is 5.88 Å². The van der Waals surface area contributed by atoms with E-state index >= 15 is 0 Å². The summed E-state index contributed by atoms with van der Waals surface area (Å²) < 4.78 is 12.0. The third kappa shape index (κ3) is 3.83. The van der Waals surface area contributed by atoms with Crippen molar-refractivity contribution in [1.82, 2.24) is 9.78 Å². The fraction of sp³-hybridized carbons (Fsp3) is 0.333. The number of nitrogens with zero attached hydrogens (tertiary/aromatic N) is 2. The minimum absolute atomic E-state index is 0.224. The van der Waals surface area contributed by atoms with E-state index in [9.17, 15) is 4.79 Å². The first kappa shape index (κ1) is 15.5. The minimum atomic E-state index is -0.317. The minimum Gasteiger partial charge on any atom is -0.407 e. The monoisotopic (exact) mass is 308 g/mol. The molecule has 2 rings (SSSR count). The summed E-state index contributed by atoms with van der Waals surface area (Å²) in [6, 6.07) is 8.85. The average Bonchev–Trinajstić information content (AvgIpc) is 2.82. The number of carbonyl (C=O) groups excluding carboxylic acids is 1. The molecule has 1 heterocycles. The van der Waals surface area contributed by atoms with Gasteiger partial charge in [0.2, 0.25) is 5.88 Å². The average molecular weight is 309 g/mol. The summed E-state index contributed by atoms with van der Waals surface area (Å²) in [4.78, 5) is 11.8. The second-order valence-corrected chi connectivity index (χ2v) is 5.31. The van der Waals surface area contributed by atoms with E-state index in [1.165, 1.54) is 0 Å². The van der Waals surface area contributed by atoms with Crippen LogP contribution >= 0.6 is 11.6 Å². The maximum absolute atomic E-state index is 11.8. The number of ether oxygens (including phenoxy) is 2. The molecule has 5 nitrogen and oxygen atoms in total. The standard InChI is InChI=1S/C15H17ClN2O3/c1-10(2)15(19)21-14-8-12(9-20-3)17-18(14)13-6-4-5-11(16)7-13/h4-8,10H,9H2,1-3H3. The highest BCUT2D eigenvalue weighted by molar-refractivity contribution is 6.30. The number of esters is 1. The van der Waals surface area contributed by atoms with Gasteiger partial charge >= 0.3 is 5.97 Å². The van der Waals surface area contributed by atoms with E-state index in [-0.39, 0.29) is 11.9 Å². The van der Waals surface area contributed by atoms with Crippen LogP contribution in [0.15, 0.2) is 30.3 Å². The lowest BCUT2D eigenvalue weighted by Gasteiger charge is -2.09. The van der Waals surface area contributed by atoms with Crippen LogP contribution in [0.25, 0.3) is 5.69 Å². The van der Waals surface area contributed by atoms with Crippen molar-refractivity contribution in [2.75, 3.05) is 7.11 Å². The van der Waals surface area contributed by atoms with Gasteiger partial charge in [-0.2, -0.15) is 5.10 Å². The highest BCUT2D eigenvalue weighted by atomic mass is 35.5. The molecule has 0 N–H and O–H groups in total. The molecule has 0 bridgehead atoms. The first-order chi connectivity index (χ1) is 10.0. The maximum Gasteiger partial charge on any atom is 0.315 e. The van der Waals surface area contributed by atoms with Crippen molar-refractivity contribution < 1.29 is 14.3 Å².